The summed E-state index contributed by atoms with van der Waals surface area (Å²) >= 11 is 0. The van der Waals surface area contributed by atoms with E-state index in [0.717, 1.165) is 43.8 Å². The number of aryl methyl sites for hydroxylation is 1. The molecule has 33 heavy (non-hydrogen) atoms. The van der Waals surface area contributed by atoms with Crippen molar-refractivity contribution < 1.29 is 29.3 Å². The summed E-state index contributed by atoms with van der Waals surface area (Å²) in [6, 6.07) is 16.6. The number of carbonyl (C=O) groups excluding carboxylic acids is 1. The molecule has 0 spiro atoms. The molecule has 0 atom stereocenters. The largest absolute Gasteiger partial charge is 0.494 e. The number of carboxylic acids is 2. The van der Waals surface area contributed by atoms with Gasteiger partial charge in [-0.2, -0.15) is 0 Å². The van der Waals surface area contributed by atoms with Crippen molar-refractivity contribution in [1.82, 2.24) is 10.2 Å². The van der Waals surface area contributed by atoms with Gasteiger partial charge in [0.15, 0.2) is 0 Å². The molecule has 0 aliphatic carbocycles. The second-order valence-electron chi connectivity index (χ2n) is 7.94. The highest BCUT2D eigenvalue weighted by Crippen LogP contribution is 2.20. The number of aliphatic carboxylic acids is 2. The lowest BCUT2D eigenvalue weighted by Gasteiger charge is -2.31. The van der Waals surface area contributed by atoms with Crippen LogP contribution in [-0.4, -0.2) is 52.7 Å². The number of benzene rings is 2. The van der Waals surface area contributed by atoms with Crippen LogP contribution in [0, 0.1) is 12.8 Å². The molecular weight excluding hydrogens is 424 g/mol. The van der Waals surface area contributed by atoms with E-state index >= 15 is 0 Å². The fraction of sp³-hybridized carbons (Fsp3) is 0.400. The Morgan fingerprint density at radius 1 is 0.939 bits per heavy atom. The van der Waals surface area contributed by atoms with Crippen LogP contribution in [-0.2, 0) is 27.5 Å². The van der Waals surface area contributed by atoms with Crippen LogP contribution in [0.2, 0.25) is 0 Å². The number of piperidine rings is 1. The van der Waals surface area contributed by atoms with E-state index in [2.05, 4.69) is 53.5 Å². The van der Waals surface area contributed by atoms with Gasteiger partial charge in [-0.1, -0.05) is 42.0 Å². The Balaban J connectivity index is 0.000000569. The predicted octanol–water partition coefficient (Wildman–Crippen LogP) is 3.08. The van der Waals surface area contributed by atoms with Crippen molar-refractivity contribution in [2.75, 3.05) is 19.7 Å². The topological polar surface area (TPSA) is 116 Å². The van der Waals surface area contributed by atoms with Crippen LogP contribution < -0.4 is 10.1 Å². The van der Waals surface area contributed by atoms with Crippen molar-refractivity contribution in [2.24, 2.45) is 5.92 Å². The summed E-state index contributed by atoms with van der Waals surface area (Å²) in [5.74, 6) is -2.40. The number of rotatable bonds is 7. The number of nitrogens with one attached hydrogen (secondary N) is 1. The number of nitrogens with zero attached hydrogens (tertiary/aromatic N) is 1. The van der Waals surface area contributed by atoms with Crippen molar-refractivity contribution in [3.8, 4) is 5.75 Å². The van der Waals surface area contributed by atoms with E-state index in [1.165, 1.54) is 11.1 Å². The molecule has 8 heteroatoms. The van der Waals surface area contributed by atoms with E-state index in [4.69, 9.17) is 24.5 Å². The molecule has 8 nitrogen and oxygen atoms in total. The minimum absolute atomic E-state index is 0.132. The van der Waals surface area contributed by atoms with Crippen molar-refractivity contribution in [1.29, 1.82) is 0 Å². The number of amides is 1. The third-order valence-electron chi connectivity index (χ3n) is 5.37. The molecule has 0 radical (unpaired) electrons. The SMILES string of the molecule is CCOc1ccc(CN2CCC(C(=O)NCc3ccc(C)cc3)CC2)cc1.O=C(O)C(=O)O. The van der Waals surface area contributed by atoms with E-state index in [-0.39, 0.29) is 11.8 Å². The van der Waals surface area contributed by atoms with Crippen LogP contribution in [0.25, 0.3) is 0 Å². The molecule has 0 unspecified atom stereocenters. The van der Waals surface area contributed by atoms with Crippen LogP contribution in [0.4, 0.5) is 0 Å². The van der Waals surface area contributed by atoms with Crippen LogP contribution in [0.1, 0.15) is 36.5 Å². The molecule has 1 saturated heterocycles. The number of likely N-dealkylation sites (tertiary alicyclic amines) is 1. The Hall–Kier alpha value is -3.39. The van der Waals surface area contributed by atoms with Gasteiger partial charge in [-0.3, -0.25) is 9.69 Å². The van der Waals surface area contributed by atoms with Gasteiger partial charge < -0.3 is 20.3 Å². The molecule has 1 heterocycles. The molecule has 0 aromatic heterocycles. The fourth-order valence-corrected chi connectivity index (χ4v) is 3.51. The van der Waals surface area contributed by atoms with Crippen LogP contribution >= 0.6 is 0 Å². The predicted molar refractivity (Wildman–Crippen MR) is 124 cm³/mol. The van der Waals surface area contributed by atoms with E-state index < -0.39 is 11.9 Å². The maximum absolute atomic E-state index is 12.5. The zero-order chi connectivity index (χ0) is 24.2. The smallest absolute Gasteiger partial charge is 0.414 e. The van der Waals surface area contributed by atoms with Gasteiger partial charge in [0.25, 0.3) is 0 Å². The molecule has 1 aliphatic rings. The van der Waals surface area contributed by atoms with Gasteiger partial charge >= 0.3 is 11.9 Å². The first kappa shape index (κ1) is 25.9. The van der Waals surface area contributed by atoms with Gasteiger partial charge in [-0.15, -0.1) is 0 Å². The molecule has 0 saturated carbocycles. The summed E-state index contributed by atoms with van der Waals surface area (Å²) in [7, 11) is 0. The van der Waals surface area contributed by atoms with Crippen LogP contribution in [0.3, 0.4) is 0 Å². The Morgan fingerprint density at radius 3 is 2.00 bits per heavy atom. The van der Waals surface area contributed by atoms with E-state index in [1.54, 1.807) is 0 Å². The quantitative estimate of drug-likeness (QED) is 0.548. The number of ether oxygens (including phenoxy) is 1. The van der Waals surface area contributed by atoms with Crippen molar-refractivity contribution in [2.45, 2.75) is 39.8 Å². The summed E-state index contributed by atoms with van der Waals surface area (Å²) in [6.45, 7) is 8.25. The van der Waals surface area contributed by atoms with Crippen molar-refractivity contribution in [3.63, 3.8) is 0 Å². The number of carboxylic acid groups (broad SMARTS) is 2. The summed E-state index contributed by atoms with van der Waals surface area (Å²) in [5.41, 5.74) is 3.69. The average molecular weight is 457 g/mol. The minimum atomic E-state index is -1.82. The highest BCUT2D eigenvalue weighted by atomic mass is 16.5. The van der Waals surface area contributed by atoms with E-state index in [9.17, 15) is 4.79 Å². The Bertz CT molecular complexity index is 891. The fourth-order valence-electron chi connectivity index (χ4n) is 3.51. The van der Waals surface area contributed by atoms with Gasteiger partial charge in [-0.25, -0.2) is 9.59 Å². The van der Waals surface area contributed by atoms with Gasteiger partial charge in [-0.05, 0) is 63.0 Å². The summed E-state index contributed by atoms with van der Waals surface area (Å²) in [6.07, 6.45) is 1.85. The summed E-state index contributed by atoms with van der Waals surface area (Å²) in [4.78, 5) is 33.1. The van der Waals surface area contributed by atoms with Gasteiger partial charge in [0.1, 0.15) is 5.75 Å². The van der Waals surface area contributed by atoms with Gasteiger partial charge in [0.2, 0.25) is 5.91 Å². The first-order valence-electron chi connectivity index (χ1n) is 11.0. The molecule has 178 valence electrons. The lowest BCUT2D eigenvalue weighted by molar-refractivity contribution is -0.159. The molecule has 3 rings (SSSR count). The molecule has 2 aromatic carbocycles. The molecule has 2 aromatic rings. The van der Waals surface area contributed by atoms with Crippen LogP contribution in [0.15, 0.2) is 48.5 Å². The zero-order valence-electron chi connectivity index (χ0n) is 19.1. The Morgan fingerprint density at radius 2 is 1.48 bits per heavy atom. The Kier molecular flexibility index (Phi) is 10.4. The van der Waals surface area contributed by atoms with E-state index in [1.807, 2.05) is 19.1 Å². The molecule has 0 bridgehead atoms. The second kappa shape index (κ2) is 13.2. The zero-order valence-corrected chi connectivity index (χ0v) is 19.1. The molecule has 1 amide bonds. The monoisotopic (exact) mass is 456 g/mol. The van der Waals surface area contributed by atoms with Crippen molar-refractivity contribution >= 4 is 17.8 Å². The highest BCUT2D eigenvalue weighted by molar-refractivity contribution is 6.27. The normalized spacial score (nSPS) is 14.0. The van der Waals surface area contributed by atoms with Gasteiger partial charge in [0.05, 0.1) is 6.61 Å². The Labute approximate surface area is 194 Å². The van der Waals surface area contributed by atoms with Crippen LogP contribution in [0.5, 0.6) is 5.75 Å². The third-order valence-corrected chi connectivity index (χ3v) is 5.37. The number of carbonyl (C=O) groups is 3. The summed E-state index contributed by atoms with van der Waals surface area (Å²) in [5, 5.41) is 17.9. The lowest BCUT2D eigenvalue weighted by Crippen LogP contribution is -2.40. The summed E-state index contributed by atoms with van der Waals surface area (Å²) < 4.78 is 5.49. The molecule has 1 aliphatic heterocycles. The first-order valence-corrected chi connectivity index (χ1v) is 11.0. The molecule has 1 fully saturated rings. The molecule has 3 N–H and O–H groups in total. The number of hydrogen-bond acceptors (Lipinski definition) is 5. The average Bonchev–Trinajstić information content (AvgIpc) is 2.81. The maximum Gasteiger partial charge on any atom is 0.414 e. The third kappa shape index (κ3) is 9.33. The standard InChI is InChI=1S/C23H30N2O2.C2H2O4/c1-3-27-22-10-8-20(9-11-22)17-25-14-12-21(13-15-25)23(26)24-16-19-6-4-18(2)5-7-19;3-1(4)2(5)6/h4-11,21H,3,12-17H2,1-2H3,(H,24,26);(H,3,4)(H,5,6). The van der Waals surface area contributed by atoms with Crippen molar-refractivity contribution in [3.05, 3.63) is 65.2 Å². The maximum atomic E-state index is 12.5. The molecular formula is C25H32N2O6. The lowest BCUT2D eigenvalue weighted by atomic mass is 9.95. The van der Waals surface area contributed by atoms with E-state index in [0.29, 0.717) is 13.2 Å². The minimum Gasteiger partial charge on any atom is -0.494 e. The number of hydrogen-bond donors (Lipinski definition) is 3. The second-order valence-corrected chi connectivity index (χ2v) is 7.94. The highest BCUT2D eigenvalue weighted by Gasteiger charge is 2.24. The van der Waals surface area contributed by atoms with Gasteiger partial charge in [0, 0.05) is 19.0 Å². The first-order chi connectivity index (χ1) is 15.8.